The number of benzene rings is 1. The molecule has 0 unspecified atom stereocenters. The molecule has 0 aliphatic heterocycles. The highest BCUT2D eigenvalue weighted by Gasteiger charge is 1.99. The van der Waals surface area contributed by atoms with E-state index in [0.29, 0.717) is 90.5 Å². The zero-order valence-electron chi connectivity index (χ0n) is 16.7. The van der Waals surface area contributed by atoms with Gasteiger partial charge in [-0.1, -0.05) is 0 Å². The third-order valence-corrected chi connectivity index (χ3v) is 3.51. The van der Waals surface area contributed by atoms with E-state index in [9.17, 15) is 4.79 Å². The van der Waals surface area contributed by atoms with Gasteiger partial charge in [0.2, 0.25) is 0 Å². The van der Waals surface area contributed by atoms with Gasteiger partial charge in [0.15, 0.2) is 5.78 Å². The van der Waals surface area contributed by atoms with Crippen LogP contribution in [0.2, 0.25) is 0 Å². The lowest BCUT2D eigenvalue weighted by Crippen LogP contribution is -2.15. The van der Waals surface area contributed by atoms with E-state index in [1.807, 2.05) is 0 Å². The molecule has 0 amide bonds. The molecule has 0 aliphatic rings. The highest BCUT2D eigenvalue weighted by atomic mass is 16.6. The second-order valence-corrected chi connectivity index (χ2v) is 5.78. The van der Waals surface area contributed by atoms with Crippen molar-refractivity contribution in [1.29, 1.82) is 0 Å². The van der Waals surface area contributed by atoms with E-state index in [2.05, 4.69) is 0 Å². The van der Waals surface area contributed by atoms with E-state index >= 15 is 0 Å². The minimum absolute atomic E-state index is 0.0396. The van der Waals surface area contributed by atoms with Crippen LogP contribution in [0.25, 0.3) is 0 Å². The van der Waals surface area contributed by atoms with Crippen LogP contribution in [0.15, 0.2) is 24.3 Å². The zero-order chi connectivity index (χ0) is 20.3. The smallest absolute Gasteiger partial charge is 0.159 e. The molecule has 0 aliphatic carbocycles. The minimum atomic E-state index is 0.0396. The molecular formula is C20H33NO7. The molecule has 8 heteroatoms. The molecule has 0 atom stereocenters. The molecule has 1 aromatic carbocycles. The molecular weight excluding hydrogens is 366 g/mol. The average molecular weight is 399 g/mol. The van der Waals surface area contributed by atoms with Crippen molar-refractivity contribution in [3.8, 4) is 5.75 Å². The number of hydrogen-bond acceptors (Lipinski definition) is 8. The number of nitrogens with two attached hydrogens (primary N) is 1. The molecule has 1 aromatic rings. The lowest BCUT2D eigenvalue weighted by molar-refractivity contribution is -0.0122. The lowest BCUT2D eigenvalue weighted by atomic mass is 10.1. The van der Waals surface area contributed by atoms with E-state index in [1.54, 1.807) is 24.3 Å². The Hall–Kier alpha value is -1.55. The van der Waals surface area contributed by atoms with Crippen molar-refractivity contribution < 1.29 is 33.2 Å². The number of Topliss-reactive ketones (excluding diaryl/α,β-unsaturated/α-hetero) is 1. The minimum Gasteiger partial charge on any atom is -0.491 e. The Balaban J connectivity index is 1.79. The fraction of sp³-hybridized carbons (Fsp3) is 0.650. The predicted molar refractivity (Wildman–Crippen MR) is 105 cm³/mol. The highest BCUT2D eigenvalue weighted by Crippen LogP contribution is 2.12. The van der Waals surface area contributed by atoms with Crippen LogP contribution in [0.5, 0.6) is 5.75 Å². The first-order valence-corrected chi connectivity index (χ1v) is 9.56. The van der Waals surface area contributed by atoms with Gasteiger partial charge >= 0.3 is 0 Å². The van der Waals surface area contributed by atoms with Gasteiger partial charge in [-0.05, 0) is 31.2 Å². The molecule has 1 rings (SSSR count). The van der Waals surface area contributed by atoms with Crippen LogP contribution in [0.1, 0.15) is 17.3 Å². The number of ketones is 1. The van der Waals surface area contributed by atoms with E-state index in [-0.39, 0.29) is 5.78 Å². The number of ether oxygens (including phenoxy) is 6. The van der Waals surface area contributed by atoms with Crippen molar-refractivity contribution in [2.75, 3.05) is 79.2 Å². The Bertz CT molecular complexity index is 496. The maximum Gasteiger partial charge on any atom is 0.159 e. The number of carbonyl (C=O) groups is 1. The third kappa shape index (κ3) is 13.6. The predicted octanol–water partition coefficient (Wildman–Crippen LogP) is 1.31. The molecule has 8 nitrogen and oxygen atoms in total. The molecule has 0 saturated carbocycles. The van der Waals surface area contributed by atoms with Crippen molar-refractivity contribution >= 4 is 5.78 Å². The van der Waals surface area contributed by atoms with Crippen LogP contribution in [-0.2, 0) is 23.7 Å². The Morgan fingerprint density at radius 1 is 0.679 bits per heavy atom. The first kappa shape index (κ1) is 24.5. The normalized spacial score (nSPS) is 10.9. The van der Waals surface area contributed by atoms with Crippen molar-refractivity contribution in [2.45, 2.75) is 6.92 Å². The molecule has 0 fully saturated rings. The monoisotopic (exact) mass is 399 g/mol. The summed E-state index contributed by atoms with van der Waals surface area (Å²) in [4.78, 5) is 11.2. The maximum absolute atomic E-state index is 11.2. The molecule has 0 saturated heterocycles. The number of carbonyl (C=O) groups excluding carboxylic acids is 1. The fourth-order valence-corrected chi connectivity index (χ4v) is 2.07. The summed E-state index contributed by atoms with van der Waals surface area (Å²) in [5.74, 6) is 0.756. The van der Waals surface area contributed by atoms with E-state index in [4.69, 9.17) is 34.2 Å². The number of hydrogen-bond donors (Lipinski definition) is 1. The summed E-state index contributed by atoms with van der Waals surface area (Å²) in [5.41, 5.74) is 5.97. The van der Waals surface area contributed by atoms with Gasteiger partial charge in [0, 0.05) is 12.1 Å². The molecule has 0 heterocycles. The van der Waals surface area contributed by atoms with Crippen LogP contribution in [0, 0.1) is 0 Å². The first-order valence-electron chi connectivity index (χ1n) is 9.56. The van der Waals surface area contributed by atoms with Crippen LogP contribution in [-0.4, -0.2) is 85.0 Å². The quantitative estimate of drug-likeness (QED) is 0.275. The maximum atomic E-state index is 11.2. The van der Waals surface area contributed by atoms with Crippen molar-refractivity contribution in [2.24, 2.45) is 5.73 Å². The van der Waals surface area contributed by atoms with Gasteiger partial charge in [-0.3, -0.25) is 4.79 Å². The summed E-state index contributed by atoms with van der Waals surface area (Å²) < 4.78 is 32.3. The van der Waals surface area contributed by atoms with Gasteiger partial charge in [-0.2, -0.15) is 0 Å². The fourth-order valence-electron chi connectivity index (χ4n) is 2.07. The standard InChI is InChI=1S/C20H33NO7/c1-18(22)19-2-4-20(5-3-19)28-17-16-27-15-14-26-13-12-25-11-10-24-9-8-23-7-6-21/h2-5H,6-17,21H2,1H3. The van der Waals surface area contributed by atoms with E-state index in [1.165, 1.54) is 6.92 Å². The summed E-state index contributed by atoms with van der Waals surface area (Å²) in [7, 11) is 0. The molecule has 160 valence electrons. The van der Waals surface area contributed by atoms with Crippen LogP contribution in [0.4, 0.5) is 0 Å². The SMILES string of the molecule is CC(=O)c1ccc(OCCOCCOCCOCCOCCOCCN)cc1. The Labute approximate surface area is 167 Å². The van der Waals surface area contributed by atoms with Crippen LogP contribution in [0.3, 0.4) is 0 Å². The third-order valence-electron chi connectivity index (χ3n) is 3.51. The summed E-state index contributed by atoms with van der Waals surface area (Å²) in [6.07, 6.45) is 0. The van der Waals surface area contributed by atoms with E-state index in [0.717, 1.165) is 0 Å². The van der Waals surface area contributed by atoms with Crippen molar-refractivity contribution in [3.63, 3.8) is 0 Å². The van der Waals surface area contributed by atoms with Gasteiger partial charge in [0.1, 0.15) is 12.4 Å². The topological polar surface area (TPSA) is 98.5 Å². The average Bonchev–Trinajstić information content (AvgIpc) is 2.70. The molecule has 0 spiro atoms. The largest absolute Gasteiger partial charge is 0.491 e. The Kier molecular flexibility index (Phi) is 15.3. The van der Waals surface area contributed by atoms with Crippen LogP contribution >= 0.6 is 0 Å². The highest BCUT2D eigenvalue weighted by molar-refractivity contribution is 5.94. The summed E-state index contributed by atoms with van der Waals surface area (Å²) in [5, 5.41) is 0. The summed E-state index contributed by atoms with van der Waals surface area (Å²) in [6.45, 7) is 7.74. The second kappa shape index (κ2) is 17.5. The van der Waals surface area contributed by atoms with Crippen molar-refractivity contribution in [1.82, 2.24) is 0 Å². The van der Waals surface area contributed by atoms with Crippen LogP contribution < -0.4 is 10.5 Å². The van der Waals surface area contributed by atoms with Gasteiger partial charge in [-0.15, -0.1) is 0 Å². The Morgan fingerprint density at radius 2 is 1.07 bits per heavy atom. The summed E-state index contributed by atoms with van der Waals surface area (Å²) in [6, 6.07) is 7.05. The molecule has 0 bridgehead atoms. The first-order chi connectivity index (χ1) is 13.7. The molecule has 2 N–H and O–H groups in total. The summed E-state index contributed by atoms with van der Waals surface area (Å²) >= 11 is 0. The van der Waals surface area contributed by atoms with Gasteiger partial charge in [0.25, 0.3) is 0 Å². The van der Waals surface area contributed by atoms with E-state index < -0.39 is 0 Å². The van der Waals surface area contributed by atoms with Gasteiger partial charge in [-0.25, -0.2) is 0 Å². The molecule has 0 radical (unpaired) electrons. The second-order valence-electron chi connectivity index (χ2n) is 5.78. The van der Waals surface area contributed by atoms with Gasteiger partial charge in [0.05, 0.1) is 66.1 Å². The van der Waals surface area contributed by atoms with Crippen molar-refractivity contribution in [3.05, 3.63) is 29.8 Å². The molecule has 0 aromatic heterocycles. The van der Waals surface area contributed by atoms with Gasteiger partial charge < -0.3 is 34.2 Å². The Morgan fingerprint density at radius 3 is 1.46 bits per heavy atom. The zero-order valence-corrected chi connectivity index (χ0v) is 16.7. The number of rotatable bonds is 19. The lowest BCUT2D eigenvalue weighted by Gasteiger charge is -2.09. The molecule has 28 heavy (non-hydrogen) atoms.